The highest BCUT2D eigenvalue weighted by atomic mass is 127. The van der Waals surface area contributed by atoms with Gasteiger partial charge in [0.2, 0.25) is 0 Å². The van der Waals surface area contributed by atoms with Gasteiger partial charge in [-0.3, -0.25) is 4.90 Å². The third-order valence-corrected chi connectivity index (χ3v) is 2.88. The van der Waals surface area contributed by atoms with Crippen molar-refractivity contribution >= 4 is 22.6 Å². The first-order valence-corrected chi connectivity index (χ1v) is 5.14. The average Bonchev–Trinajstić information content (AvgIpc) is 1.88. The van der Waals surface area contributed by atoms with Gasteiger partial charge in [0.15, 0.2) is 0 Å². The zero-order valence-corrected chi connectivity index (χ0v) is 8.10. The number of likely N-dealkylation sites (tertiary alicyclic amines) is 1. The molecule has 0 radical (unpaired) electrons. The highest BCUT2D eigenvalue weighted by Crippen LogP contribution is 2.15. The van der Waals surface area contributed by atoms with Gasteiger partial charge in [-0.05, 0) is 25.3 Å². The summed E-state index contributed by atoms with van der Waals surface area (Å²) in [6, 6.07) is 0. The molecule has 1 aliphatic rings. The molecule has 2 heteroatoms. The zero-order valence-electron chi connectivity index (χ0n) is 5.94. The first kappa shape index (κ1) is 7.79. The van der Waals surface area contributed by atoms with Crippen LogP contribution in [0.15, 0.2) is 0 Å². The zero-order chi connectivity index (χ0) is 6.69. The van der Waals surface area contributed by atoms with Crippen LogP contribution in [0.25, 0.3) is 0 Å². The smallest absolute Gasteiger partial charge is 0.0505 e. The van der Waals surface area contributed by atoms with Gasteiger partial charge in [0.25, 0.3) is 0 Å². The number of hydrogen-bond acceptors (Lipinski definition) is 1. The summed E-state index contributed by atoms with van der Waals surface area (Å²) in [4.78, 5) is 2.52. The summed E-state index contributed by atoms with van der Waals surface area (Å²) in [6.45, 7) is 4.99. The molecule has 9 heavy (non-hydrogen) atoms. The van der Waals surface area contributed by atoms with E-state index in [1.165, 1.54) is 30.5 Å². The van der Waals surface area contributed by atoms with Crippen LogP contribution in [0.2, 0.25) is 0 Å². The fraction of sp³-hybridized carbons (Fsp3) is 1.00. The molecule has 1 atom stereocenters. The standard InChI is InChI=1S/C7H14IN/c1-7-3-2-4-9(5-7)6-8/h7H,2-6H2,1H3. The van der Waals surface area contributed by atoms with Crippen LogP contribution in [0.4, 0.5) is 0 Å². The van der Waals surface area contributed by atoms with Crippen LogP contribution >= 0.6 is 22.6 Å². The van der Waals surface area contributed by atoms with E-state index in [0.29, 0.717) is 0 Å². The van der Waals surface area contributed by atoms with Crippen LogP contribution < -0.4 is 0 Å². The molecule has 54 valence electrons. The number of hydrogen-bond donors (Lipinski definition) is 0. The van der Waals surface area contributed by atoms with Gasteiger partial charge in [-0.15, -0.1) is 0 Å². The maximum absolute atomic E-state index is 2.52. The van der Waals surface area contributed by atoms with Crippen LogP contribution in [-0.4, -0.2) is 22.5 Å². The molecule has 0 aromatic rings. The summed E-state index contributed by atoms with van der Waals surface area (Å²) in [5.41, 5.74) is 0. The Morgan fingerprint density at radius 3 is 2.89 bits per heavy atom. The summed E-state index contributed by atoms with van der Waals surface area (Å²) in [5.74, 6) is 0.938. The second-order valence-electron chi connectivity index (χ2n) is 2.94. The van der Waals surface area contributed by atoms with E-state index in [1.807, 2.05) is 0 Å². The van der Waals surface area contributed by atoms with E-state index in [0.717, 1.165) is 5.92 Å². The quantitative estimate of drug-likeness (QED) is 0.385. The van der Waals surface area contributed by atoms with E-state index in [-0.39, 0.29) is 0 Å². The Hall–Kier alpha value is 0.690. The monoisotopic (exact) mass is 239 g/mol. The van der Waals surface area contributed by atoms with E-state index in [1.54, 1.807) is 0 Å². The minimum atomic E-state index is 0.938. The van der Waals surface area contributed by atoms with Gasteiger partial charge in [0, 0.05) is 6.54 Å². The average molecular weight is 239 g/mol. The Morgan fingerprint density at radius 1 is 1.67 bits per heavy atom. The predicted octanol–water partition coefficient (Wildman–Crippen LogP) is 2.11. The van der Waals surface area contributed by atoms with Crippen molar-refractivity contribution in [2.45, 2.75) is 19.8 Å². The minimum Gasteiger partial charge on any atom is -0.294 e. The van der Waals surface area contributed by atoms with Gasteiger partial charge in [0.1, 0.15) is 0 Å². The van der Waals surface area contributed by atoms with Crippen molar-refractivity contribution < 1.29 is 0 Å². The maximum Gasteiger partial charge on any atom is 0.0505 e. The van der Waals surface area contributed by atoms with Crippen LogP contribution in [0.5, 0.6) is 0 Å². The van der Waals surface area contributed by atoms with E-state index >= 15 is 0 Å². The lowest BCUT2D eigenvalue weighted by Crippen LogP contribution is -2.32. The van der Waals surface area contributed by atoms with Crippen LogP contribution in [0, 0.1) is 5.92 Å². The molecule has 1 unspecified atom stereocenters. The van der Waals surface area contributed by atoms with Crippen molar-refractivity contribution in [2.24, 2.45) is 5.92 Å². The van der Waals surface area contributed by atoms with Crippen molar-refractivity contribution in [2.75, 3.05) is 17.6 Å². The molecule has 1 heterocycles. The predicted molar refractivity (Wildman–Crippen MR) is 48.9 cm³/mol. The molecule has 0 saturated carbocycles. The molecule has 1 fully saturated rings. The number of piperidine rings is 1. The third-order valence-electron chi connectivity index (χ3n) is 1.91. The summed E-state index contributed by atoms with van der Waals surface area (Å²) >= 11 is 2.44. The lowest BCUT2D eigenvalue weighted by molar-refractivity contribution is 0.217. The van der Waals surface area contributed by atoms with E-state index in [9.17, 15) is 0 Å². The molecule has 1 rings (SSSR count). The van der Waals surface area contributed by atoms with Crippen molar-refractivity contribution in [3.8, 4) is 0 Å². The molecule has 0 aromatic heterocycles. The Bertz CT molecular complexity index is 85.0. The highest BCUT2D eigenvalue weighted by molar-refractivity contribution is 14.1. The Kier molecular flexibility index (Phi) is 3.26. The third kappa shape index (κ3) is 2.42. The van der Waals surface area contributed by atoms with Crippen LogP contribution in [-0.2, 0) is 0 Å². The molecular formula is C7H14IN. The van der Waals surface area contributed by atoms with E-state index in [4.69, 9.17) is 0 Å². The molecule has 1 saturated heterocycles. The van der Waals surface area contributed by atoms with Gasteiger partial charge in [0.05, 0.1) is 4.55 Å². The molecule has 0 aliphatic carbocycles. The molecule has 0 bridgehead atoms. The Balaban J connectivity index is 2.23. The number of nitrogens with zero attached hydrogens (tertiary/aromatic N) is 1. The number of halogens is 1. The van der Waals surface area contributed by atoms with Crippen LogP contribution in [0.1, 0.15) is 19.8 Å². The number of alkyl halides is 1. The minimum absolute atomic E-state index is 0.938. The van der Waals surface area contributed by atoms with Crippen molar-refractivity contribution in [1.82, 2.24) is 4.90 Å². The normalized spacial score (nSPS) is 30.7. The fourth-order valence-corrected chi connectivity index (χ4v) is 2.01. The summed E-state index contributed by atoms with van der Waals surface area (Å²) in [5, 5.41) is 0. The second kappa shape index (κ2) is 3.76. The highest BCUT2D eigenvalue weighted by Gasteiger charge is 2.13. The van der Waals surface area contributed by atoms with Crippen LogP contribution in [0.3, 0.4) is 0 Å². The Labute approximate surface area is 70.9 Å². The molecule has 1 aliphatic heterocycles. The van der Waals surface area contributed by atoms with Gasteiger partial charge >= 0.3 is 0 Å². The van der Waals surface area contributed by atoms with Crippen molar-refractivity contribution in [3.05, 3.63) is 0 Å². The van der Waals surface area contributed by atoms with Crippen molar-refractivity contribution in [3.63, 3.8) is 0 Å². The largest absolute Gasteiger partial charge is 0.294 e. The maximum atomic E-state index is 2.52. The lowest BCUT2D eigenvalue weighted by atomic mass is 10.0. The summed E-state index contributed by atoms with van der Waals surface area (Å²) in [7, 11) is 0. The number of rotatable bonds is 1. The van der Waals surface area contributed by atoms with E-state index < -0.39 is 0 Å². The van der Waals surface area contributed by atoms with Gasteiger partial charge in [-0.25, -0.2) is 0 Å². The topological polar surface area (TPSA) is 3.24 Å². The van der Waals surface area contributed by atoms with Gasteiger partial charge in [-0.2, -0.15) is 0 Å². The molecule has 1 nitrogen and oxygen atoms in total. The first-order chi connectivity index (χ1) is 4.33. The molecular weight excluding hydrogens is 225 g/mol. The first-order valence-electron chi connectivity index (χ1n) is 3.61. The molecule has 0 spiro atoms. The van der Waals surface area contributed by atoms with E-state index in [2.05, 4.69) is 34.4 Å². The van der Waals surface area contributed by atoms with Gasteiger partial charge < -0.3 is 0 Å². The van der Waals surface area contributed by atoms with Crippen molar-refractivity contribution in [1.29, 1.82) is 0 Å². The fourth-order valence-electron chi connectivity index (χ4n) is 1.40. The summed E-state index contributed by atoms with van der Waals surface area (Å²) in [6.07, 6.45) is 2.84. The lowest BCUT2D eigenvalue weighted by Gasteiger charge is -2.28. The molecule has 0 amide bonds. The SMILES string of the molecule is CC1CCCN(CI)C1. The summed E-state index contributed by atoms with van der Waals surface area (Å²) < 4.78 is 1.21. The van der Waals surface area contributed by atoms with Gasteiger partial charge in [-0.1, -0.05) is 29.5 Å². The second-order valence-corrected chi connectivity index (χ2v) is 3.63. The molecule has 0 aromatic carbocycles. The Morgan fingerprint density at radius 2 is 2.44 bits per heavy atom. The molecule has 0 N–H and O–H groups in total.